The summed E-state index contributed by atoms with van der Waals surface area (Å²) >= 11 is 0. The third-order valence-electron chi connectivity index (χ3n) is 3.07. The molecule has 1 aromatic carbocycles. The van der Waals surface area contributed by atoms with Crippen LogP contribution < -0.4 is 14.2 Å². The third kappa shape index (κ3) is 3.54. The lowest BCUT2D eigenvalue weighted by Crippen LogP contribution is -2.13. The molecule has 6 nitrogen and oxygen atoms in total. The number of carbonyl (C=O) groups is 1. The number of methoxy groups -OCH3 is 3. The quantitative estimate of drug-likeness (QED) is 0.795. The van der Waals surface area contributed by atoms with E-state index in [9.17, 15) is 9.90 Å². The standard InChI is InChI=1S/C14H20O6/c1-8(14(16)17)5-10(15)9-6-11(18-2)13(20-4)12(7-9)19-3/h6-8,10,15H,5H2,1-4H3,(H,16,17). The van der Waals surface area contributed by atoms with Crippen LogP contribution in [0, 0.1) is 5.92 Å². The third-order valence-corrected chi connectivity index (χ3v) is 3.07. The van der Waals surface area contributed by atoms with E-state index in [2.05, 4.69) is 0 Å². The number of rotatable bonds is 7. The predicted octanol–water partition coefficient (Wildman–Crippen LogP) is 1.86. The van der Waals surface area contributed by atoms with E-state index in [1.165, 1.54) is 21.3 Å². The monoisotopic (exact) mass is 284 g/mol. The molecule has 0 aliphatic heterocycles. The maximum atomic E-state index is 10.8. The van der Waals surface area contributed by atoms with E-state index in [4.69, 9.17) is 19.3 Å². The van der Waals surface area contributed by atoms with Crippen LogP contribution in [0.3, 0.4) is 0 Å². The zero-order valence-electron chi connectivity index (χ0n) is 12.0. The minimum atomic E-state index is -0.948. The molecule has 20 heavy (non-hydrogen) atoms. The van der Waals surface area contributed by atoms with Gasteiger partial charge >= 0.3 is 5.97 Å². The first-order valence-corrected chi connectivity index (χ1v) is 6.15. The number of aliphatic carboxylic acids is 1. The Balaban J connectivity index is 3.09. The summed E-state index contributed by atoms with van der Waals surface area (Å²) in [5, 5.41) is 19.0. The number of aliphatic hydroxyl groups excluding tert-OH is 1. The summed E-state index contributed by atoms with van der Waals surface area (Å²) in [6.07, 6.45) is -0.816. The minimum Gasteiger partial charge on any atom is -0.493 e. The molecule has 0 aliphatic rings. The van der Waals surface area contributed by atoms with Crippen LogP contribution in [0.4, 0.5) is 0 Å². The van der Waals surface area contributed by atoms with Gasteiger partial charge in [-0.1, -0.05) is 6.92 Å². The maximum absolute atomic E-state index is 10.8. The first-order chi connectivity index (χ1) is 9.44. The summed E-state index contributed by atoms with van der Waals surface area (Å²) in [4.78, 5) is 10.8. The van der Waals surface area contributed by atoms with E-state index in [1.54, 1.807) is 19.1 Å². The fraction of sp³-hybridized carbons (Fsp3) is 0.500. The molecule has 0 radical (unpaired) electrons. The molecule has 6 heteroatoms. The van der Waals surface area contributed by atoms with Crippen molar-refractivity contribution in [1.29, 1.82) is 0 Å². The van der Waals surface area contributed by atoms with E-state index in [0.29, 0.717) is 22.8 Å². The van der Waals surface area contributed by atoms with Gasteiger partial charge in [0.1, 0.15) is 0 Å². The highest BCUT2D eigenvalue weighted by molar-refractivity contribution is 5.69. The van der Waals surface area contributed by atoms with Gasteiger partial charge in [0.15, 0.2) is 11.5 Å². The maximum Gasteiger partial charge on any atom is 0.306 e. The van der Waals surface area contributed by atoms with E-state index in [1.807, 2.05) is 0 Å². The molecule has 0 bridgehead atoms. The van der Waals surface area contributed by atoms with Gasteiger partial charge in [-0.25, -0.2) is 0 Å². The van der Waals surface area contributed by atoms with Gasteiger partial charge in [0, 0.05) is 0 Å². The van der Waals surface area contributed by atoms with Crippen LogP contribution in [0.5, 0.6) is 17.2 Å². The zero-order valence-corrected chi connectivity index (χ0v) is 12.0. The Hall–Kier alpha value is -1.95. The first kappa shape index (κ1) is 16.1. The average molecular weight is 284 g/mol. The summed E-state index contributed by atoms with van der Waals surface area (Å²) in [5.41, 5.74) is 0.521. The Labute approximate surface area is 117 Å². The number of carboxylic acids is 1. The Bertz CT molecular complexity index is 446. The molecule has 2 unspecified atom stereocenters. The van der Waals surface area contributed by atoms with Gasteiger partial charge in [-0.2, -0.15) is 0 Å². The second-order valence-corrected chi connectivity index (χ2v) is 4.45. The summed E-state index contributed by atoms with van der Waals surface area (Å²) in [6, 6.07) is 3.22. The van der Waals surface area contributed by atoms with Crippen molar-refractivity contribution in [3.63, 3.8) is 0 Å². The van der Waals surface area contributed by atoms with Crippen LogP contribution in [-0.4, -0.2) is 37.5 Å². The molecule has 0 amide bonds. The molecule has 0 saturated heterocycles. The van der Waals surface area contributed by atoms with Crippen molar-refractivity contribution >= 4 is 5.97 Å². The van der Waals surface area contributed by atoms with E-state index in [0.717, 1.165) is 0 Å². The lowest BCUT2D eigenvalue weighted by atomic mass is 9.98. The average Bonchev–Trinajstić information content (AvgIpc) is 2.45. The van der Waals surface area contributed by atoms with Crippen molar-refractivity contribution in [3.05, 3.63) is 17.7 Å². The Morgan fingerprint density at radius 2 is 1.65 bits per heavy atom. The largest absolute Gasteiger partial charge is 0.493 e. The van der Waals surface area contributed by atoms with E-state index in [-0.39, 0.29) is 6.42 Å². The van der Waals surface area contributed by atoms with Crippen molar-refractivity contribution in [1.82, 2.24) is 0 Å². The normalized spacial score (nSPS) is 13.4. The molecular formula is C14H20O6. The second-order valence-electron chi connectivity index (χ2n) is 4.45. The fourth-order valence-corrected chi connectivity index (χ4v) is 1.87. The minimum absolute atomic E-state index is 0.105. The summed E-state index contributed by atoms with van der Waals surface area (Å²) in [5.74, 6) is -0.328. The molecule has 0 fully saturated rings. The molecule has 1 aromatic rings. The van der Waals surface area contributed by atoms with Crippen molar-refractivity contribution in [2.24, 2.45) is 5.92 Å². The molecule has 1 rings (SSSR count). The highest BCUT2D eigenvalue weighted by Gasteiger charge is 2.21. The van der Waals surface area contributed by atoms with Crippen molar-refractivity contribution in [3.8, 4) is 17.2 Å². The fourth-order valence-electron chi connectivity index (χ4n) is 1.87. The number of aliphatic hydroxyl groups is 1. The van der Waals surface area contributed by atoms with Crippen LogP contribution in [0.1, 0.15) is 25.0 Å². The summed E-state index contributed by atoms with van der Waals surface area (Å²) < 4.78 is 15.6. The zero-order chi connectivity index (χ0) is 15.3. The van der Waals surface area contributed by atoms with Gasteiger partial charge in [-0.15, -0.1) is 0 Å². The number of carboxylic acid groups (broad SMARTS) is 1. The predicted molar refractivity (Wildman–Crippen MR) is 72.5 cm³/mol. The Morgan fingerprint density at radius 3 is 2.00 bits per heavy atom. The van der Waals surface area contributed by atoms with Crippen LogP contribution in [-0.2, 0) is 4.79 Å². The van der Waals surface area contributed by atoms with Gasteiger partial charge < -0.3 is 24.4 Å². The Kier molecular flexibility index (Phi) is 5.64. The van der Waals surface area contributed by atoms with Gasteiger partial charge in [-0.3, -0.25) is 4.79 Å². The Morgan fingerprint density at radius 1 is 1.15 bits per heavy atom. The molecule has 112 valence electrons. The number of hydrogen-bond acceptors (Lipinski definition) is 5. The van der Waals surface area contributed by atoms with Gasteiger partial charge in [0.25, 0.3) is 0 Å². The summed E-state index contributed by atoms with van der Waals surface area (Å²) in [6.45, 7) is 1.55. The highest BCUT2D eigenvalue weighted by Crippen LogP contribution is 2.40. The SMILES string of the molecule is COc1cc(C(O)CC(C)C(=O)O)cc(OC)c1OC. The van der Waals surface area contributed by atoms with Crippen molar-refractivity contribution in [2.75, 3.05) is 21.3 Å². The van der Waals surface area contributed by atoms with E-state index < -0.39 is 18.0 Å². The van der Waals surface area contributed by atoms with Crippen LogP contribution in [0.25, 0.3) is 0 Å². The molecule has 2 N–H and O–H groups in total. The van der Waals surface area contributed by atoms with Gasteiger partial charge in [-0.05, 0) is 24.1 Å². The molecule has 0 aliphatic carbocycles. The molecular weight excluding hydrogens is 264 g/mol. The number of benzene rings is 1. The molecule has 0 aromatic heterocycles. The smallest absolute Gasteiger partial charge is 0.306 e. The lowest BCUT2D eigenvalue weighted by molar-refractivity contribution is -0.142. The first-order valence-electron chi connectivity index (χ1n) is 6.15. The van der Waals surface area contributed by atoms with Crippen LogP contribution in [0.2, 0.25) is 0 Å². The number of hydrogen-bond donors (Lipinski definition) is 2. The topological polar surface area (TPSA) is 85.2 Å². The van der Waals surface area contributed by atoms with Gasteiger partial charge in [0.05, 0.1) is 33.4 Å². The second kappa shape index (κ2) is 7.00. The molecule has 0 saturated carbocycles. The lowest BCUT2D eigenvalue weighted by Gasteiger charge is -2.18. The molecule has 0 heterocycles. The van der Waals surface area contributed by atoms with Crippen molar-refractivity contribution in [2.45, 2.75) is 19.4 Å². The summed E-state index contributed by atoms with van der Waals surface area (Å²) in [7, 11) is 4.45. The van der Waals surface area contributed by atoms with Gasteiger partial charge in [0.2, 0.25) is 5.75 Å². The highest BCUT2D eigenvalue weighted by atomic mass is 16.5. The number of ether oxygens (including phenoxy) is 3. The van der Waals surface area contributed by atoms with Crippen LogP contribution in [0.15, 0.2) is 12.1 Å². The van der Waals surface area contributed by atoms with E-state index >= 15 is 0 Å². The molecule has 2 atom stereocenters. The van der Waals surface area contributed by atoms with Crippen molar-refractivity contribution < 1.29 is 29.2 Å². The molecule has 0 spiro atoms. The van der Waals surface area contributed by atoms with Crippen LogP contribution >= 0.6 is 0 Å².